The average Bonchev–Trinajstić information content (AvgIpc) is 2.62. The summed E-state index contributed by atoms with van der Waals surface area (Å²) in [6.45, 7) is 1.82. The number of nitrogens with zero attached hydrogens (tertiary/aromatic N) is 3. The number of hydrogen-bond donors (Lipinski definition) is 2. The Bertz CT molecular complexity index is 688. The average molecular weight is 348 g/mol. The van der Waals surface area contributed by atoms with E-state index in [1.54, 1.807) is 7.11 Å². The van der Waals surface area contributed by atoms with Gasteiger partial charge in [0.1, 0.15) is 17.8 Å². The van der Waals surface area contributed by atoms with Gasteiger partial charge in [0.2, 0.25) is 0 Å². The van der Waals surface area contributed by atoms with E-state index in [1.807, 2.05) is 25.2 Å². The number of benzene rings is 1. The Labute approximate surface area is 147 Å². The van der Waals surface area contributed by atoms with Crippen LogP contribution in [-0.2, 0) is 0 Å². The van der Waals surface area contributed by atoms with Gasteiger partial charge in [-0.05, 0) is 25.0 Å². The normalized spacial score (nSPS) is 15.2. The highest BCUT2D eigenvalue weighted by molar-refractivity contribution is 6.32. The summed E-state index contributed by atoms with van der Waals surface area (Å²) in [5.74, 6) is 1.74. The van der Waals surface area contributed by atoms with Crippen molar-refractivity contribution in [3.05, 3.63) is 35.7 Å². The fourth-order valence-electron chi connectivity index (χ4n) is 3.03. The molecule has 0 saturated carbocycles. The number of methoxy groups -OCH3 is 1. The smallest absolute Gasteiger partial charge is 0.157 e. The second-order valence-corrected chi connectivity index (χ2v) is 6.08. The molecule has 1 saturated heterocycles. The molecule has 1 aliphatic rings. The Kier molecular flexibility index (Phi) is 5.25. The lowest BCUT2D eigenvalue weighted by atomic mass is 10.0. The van der Waals surface area contributed by atoms with Gasteiger partial charge in [-0.15, -0.1) is 0 Å². The van der Waals surface area contributed by atoms with E-state index in [-0.39, 0.29) is 0 Å². The first-order valence-electron chi connectivity index (χ1n) is 8.05. The van der Waals surface area contributed by atoms with Crippen LogP contribution in [0.25, 0.3) is 0 Å². The van der Waals surface area contributed by atoms with E-state index >= 15 is 0 Å². The van der Waals surface area contributed by atoms with Gasteiger partial charge in [0.05, 0.1) is 12.8 Å². The summed E-state index contributed by atoms with van der Waals surface area (Å²) in [7, 11) is 3.53. The quantitative estimate of drug-likeness (QED) is 0.809. The van der Waals surface area contributed by atoms with Gasteiger partial charge >= 0.3 is 0 Å². The standard InChI is InChI=1S/C17H22ClN5O/c1-19-15-16(18)20-11-21-17(15)23-9-7-12(8-10-23)22-13-5-3-4-6-14(13)24-2/h3-6,11-12,19,22H,7-10H2,1-2H3. The first kappa shape index (κ1) is 16.6. The molecule has 0 radical (unpaired) electrons. The lowest BCUT2D eigenvalue weighted by Gasteiger charge is -2.34. The summed E-state index contributed by atoms with van der Waals surface area (Å²) >= 11 is 6.15. The summed E-state index contributed by atoms with van der Waals surface area (Å²) in [5, 5.41) is 7.14. The molecule has 1 aliphatic heterocycles. The summed E-state index contributed by atoms with van der Waals surface area (Å²) in [5.41, 5.74) is 1.83. The highest BCUT2D eigenvalue weighted by Gasteiger charge is 2.23. The third kappa shape index (κ3) is 3.48. The minimum atomic E-state index is 0.410. The zero-order chi connectivity index (χ0) is 16.9. The molecule has 0 bridgehead atoms. The zero-order valence-corrected chi connectivity index (χ0v) is 14.7. The van der Waals surface area contributed by atoms with Crippen molar-refractivity contribution >= 4 is 28.8 Å². The van der Waals surface area contributed by atoms with E-state index in [1.165, 1.54) is 6.33 Å². The van der Waals surface area contributed by atoms with Crippen LogP contribution in [0.3, 0.4) is 0 Å². The fraction of sp³-hybridized carbons (Fsp3) is 0.412. The third-order valence-electron chi connectivity index (χ3n) is 4.29. The van der Waals surface area contributed by atoms with Gasteiger partial charge in [0, 0.05) is 26.2 Å². The topological polar surface area (TPSA) is 62.3 Å². The van der Waals surface area contributed by atoms with Gasteiger partial charge in [-0.1, -0.05) is 23.7 Å². The minimum Gasteiger partial charge on any atom is -0.495 e. The number of aromatic nitrogens is 2. The van der Waals surface area contributed by atoms with Crippen LogP contribution in [0, 0.1) is 0 Å². The van der Waals surface area contributed by atoms with E-state index in [0.29, 0.717) is 11.2 Å². The largest absolute Gasteiger partial charge is 0.495 e. The van der Waals surface area contributed by atoms with E-state index in [4.69, 9.17) is 16.3 Å². The monoisotopic (exact) mass is 347 g/mol. The van der Waals surface area contributed by atoms with E-state index in [0.717, 1.165) is 48.9 Å². The Morgan fingerprint density at radius 3 is 2.67 bits per heavy atom. The number of halogens is 1. The van der Waals surface area contributed by atoms with Crippen molar-refractivity contribution in [2.24, 2.45) is 0 Å². The number of piperidine rings is 1. The molecule has 0 unspecified atom stereocenters. The maximum atomic E-state index is 6.15. The van der Waals surface area contributed by atoms with Crippen LogP contribution >= 0.6 is 11.6 Å². The molecule has 2 N–H and O–H groups in total. The number of rotatable bonds is 5. The molecule has 128 valence electrons. The lowest BCUT2D eigenvalue weighted by molar-refractivity contribution is 0.415. The van der Waals surface area contributed by atoms with Crippen molar-refractivity contribution in [1.29, 1.82) is 0 Å². The van der Waals surface area contributed by atoms with Crippen LogP contribution in [0.4, 0.5) is 17.2 Å². The van der Waals surface area contributed by atoms with Crippen molar-refractivity contribution in [3.63, 3.8) is 0 Å². The van der Waals surface area contributed by atoms with Crippen molar-refractivity contribution in [1.82, 2.24) is 9.97 Å². The van der Waals surface area contributed by atoms with Crippen molar-refractivity contribution in [2.45, 2.75) is 18.9 Å². The Morgan fingerprint density at radius 1 is 1.21 bits per heavy atom. The number of nitrogens with one attached hydrogen (secondary N) is 2. The number of ether oxygens (including phenoxy) is 1. The molecule has 3 rings (SSSR count). The maximum absolute atomic E-state index is 6.15. The Hall–Kier alpha value is -2.21. The van der Waals surface area contributed by atoms with Gasteiger partial charge in [-0.2, -0.15) is 0 Å². The maximum Gasteiger partial charge on any atom is 0.157 e. The van der Waals surface area contributed by atoms with Gasteiger partial charge in [-0.3, -0.25) is 0 Å². The van der Waals surface area contributed by atoms with Gasteiger partial charge in [0.15, 0.2) is 11.0 Å². The molecule has 0 amide bonds. The SMILES string of the molecule is CNc1c(Cl)ncnc1N1CCC(Nc2ccccc2OC)CC1. The summed E-state index contributed by atoms with van der Waals surface area (Å²) in [4.78, 5) is 10.7. The number of para-hydroxylation sites is 2. The van der Waals surface area contributed by atoms with E-state index in [9.17, 15) is 0 Å². The van der Waals surface area contributed by atoms with Crippen LogP contribution in [0.5, 0.6) is 5.75 Å². The zero-order valence-electron chi connectivity index (χ0n) is 13.9. The van der Waals surface area contributed by atoms with E-state index < -0.39 is 0 Å². The van der Waals surface area contributed by atoms with Crippen LogP contribution in [-0.4, -0.2) is 43.3 Å². The summed E-state index contributed by atoms with van der Waals surface area (Å²) in [6, 6.07) is 8.42. The Morgan fingerprint density at radius 2 is 1.96 bits per heavy atom. The first-order valence-corrected chi connectivity index (χ1v) is 8.43. The van der Waals surface area contributed by atoms with Crippen molar-refractivity contribution < 1.29 is 4.74 Å². The molecule has 0 aliphatic carbocycles. The van der Waals surface area contributed by atoms with Crippen LogP contribution in [0.2, 0.25) is 5.15 Å². The second kappa shape index (κ2) is 7.57. The molecule has 2 heterocycles. The van der Waals surface area contributed by atoms with Crippen molar-refractivity contribution in [3.8, 4) is 5.75 Å². The highest BCUT2D eigenvalue weighted by atomic mass is 35.5. The minimum absolute atomic E-state index is 0.410. The summed E-state index contributed by atoms with van der Waals surface area (Å²) in [6.07, 6.45) is 3.54. The molecule has 2 aromatic rings. The third-order valence-corrected chi connectivity index (χ3v) is 4.58. The molecule has 24 heavy (non-hydrogen) atoms. The molecular weight excluding hydrogens is 326 g/mol. The predicted molar refractivity (Wildman–Crippen MR) is 98.4 cm³/mol. The number of anilines is 3. The Balaban J connectivity index is 1.65. The highest BCUT2D eigenvalue weighted by Crippen LogP contribution is 2.31. The molecule has 1 aromatic carbocycles. The lowest BCUT2D eigenvalue weighted by Crippen LogP contribution is -2.40. The van der Waals surface area contributed by atoms with Gasteiger partial charge in [-0.25, -0.2) is 9.97 Å². The van der Waals surface area contributed by atoms with Gasteiger partial charge in [0.25, 0.3) is 0 Å². The van der Waals surface area contributed by atoms with Crippen LogP contribution < -0.4 is 20.3 Å². The molecule has 0 spiro atoms. The number of hydrogen-bond acceptors (Lipinski definition) is 6. The molecule has 0 atom stereocenters. The molecule has 1 fully saturated rings. The molecule has 6 nitrogen and oxygen atoms in total. The second-order valence-electron chi connectivity index (χ2n) is 5.72. The van der Waals surface area contributed by atoms with Crippen molar-refractivity contribution in [2.75, 3.05) is 42.8 Å². The predicted octanol–water partition coefficient (Wildman–Crippen LogP) is 3.26. The summed E-state index contributed by atoms with van der Waals surface area (Å²) < 4.78 is 5.41. The van der Waals surface area contributed by atoms with Crippen LogP contribution in [0.15, 0.2) is 30.6 Å². The molecular formula is C17H22ClN5O. The van der Waals surface area contributed by atoms with Crippen LogP contribution in [0.1, 0.15) is 12.8 Å². The van der Waals surface area contributed by atoms with Gasteiger partial charge < -0.3 is 20.3 Å². The first-order chi connectivity index (χ1) is 11.7. The molecule has 7 heteroatoms. The van der Waals surface area contributed by atoms with E-state index in [2.05, 4.69) is 31.6 Å². The molecule has 1 aromatic heterocycles. The fourth-order valence-corrected chi connectivity index (χ4v) is 3.25.